The van der Waals surface area contributed by atoms with Crippen LogP contribution in [0, 0.1) is 5.41 Å². The quantitative estimate of drug-likeness (QED) is 0.860. The van der Waals surface area contributed by atoms with Gasteiger partial charge in [-0.15, -0.1) is 0 Å². The number of anilines is 1. The Bertz CT molecular complexity index is 422. The molecule has 0 atom stereocenters. The Morgan fingerprint density at radius 2 is 2.11 bits per heavy atom. The zero-order chi connectivity index (χ0) is 13.2. The van der Waals surface area contributed by atoms with Gasteiger partial charge in [0.25, 0.3) is 5.95 Å². The van der Waals surface area contributed by atoms with Gasteiger partial charge in [-0.3, -0.25) is 4.79 Å². The summed E-state index contributed by atoms with van der Waals surface area (Å²) in [7, 11) is 3.69. The van der Waals surface area contributed by atoms with Gasteiger partial charge in [-0.05, 0) is 23.4 Å². The molecule has 0 aromatic carbocycles. The number of hydrogen-bond donors (Lipinski definition) is 1. The summed E-state index contributed by atoms with van der Waals surface area (Å²) in [4.78, 5) is 17.0. The minimum Gasteiger partial charge on any atom is -0.481 e. The zero-order valence-electron chi connectivity index (χ0n) is 10.8. The number of nitrogens with zero attached hydrogens (tertiary/aromatic N) is 3. The van der Waals surface area contributed by atoms with Gasteiger partial charge in [0.1, 0.15) is 0 Å². The third-order valence-corrected chi connectivity index (χ3v) is 3.57. The zero-order valence-corrected chi connectivity index (χ0v) is 10.8. The lowest BCUT2D eigenvalue weighted by Gasteiger charge is -2.24. The maximum atomic E-state index is 11.0. The molecule has 1 fully saturated rings. The molecule has 2 rings (SSSR count). The largest absolute Gasteiger partial charge is 0.481 e. The standard InChI is InChI=1S/C12H19N3O3/c1-15(2)11-13-9(18-14-11)7-12(8-10(16)17)5-3-4-6-12/h3-8H2,1-2H3,(H,16,17). The minimum absolute atomic E-state index is 0.187. The van der Waals surface area contributed by atoms with Crippen LogP contribution >= 0.6 is 0 Å². The Labute approximate surface area is 106 Å². The fourth-order valence-electron chi connectivity index (χ4n) is 2.68. The van der Waals surface area contributed by atoms with Crippen LogP contribution in [-0.2, 0) is 11.2 Å². The van der Waals surface area contributed by atoms with Crippen molar-refractivity contribution in [3.63, 3.8) is 0 Å². The smallest absolute Gasteiger partial charge is 0.303 e. The van der Waals surface area contributed by atoms with Gasteiger partial charge in [-0.25, -0.2) is 0 Å². The van der Waals surface area contributed by atoms with Crippen LogP contribution in [0.25, 0.3) is 0 Å². The summed E-state index contributed by atoms with van der Waals surface area (Å²) >= 11 is 0. The van der Waals surface area contributed by atoms with Gasteiger partial charge in [-0.2, -0.15) is 4.98 Å². The first-order valence-electron chi connectivity index (χ1n) is 6.22. The van der Waals surface area contributed by atoms with Crippen molar-refractivity contribution in [3.05, 3.63) is 5.89 Å². The van der Waals surface area contributed by atoms with Crippen molar-refractivity contribution >= 4 is 11.9 Å². The Morgan fingerprint density at radius 1 is 1.44 bits per heavy atom. The SMILES string of the molecule is CN(C)c1noc(CC2(CC(=O)O)CCCC2)n1. The Morgan fingerprint density at radius 3 is 2.61 bits per heavy atom. The molecule has 18 heavy (non-hydrogen) atoms. The predicted molar refractivity (Wildman–Crippen MR) is 65.5 cm³/mol. The van der Waals surface area contributed by atoms with Gasteiger partial charge in [0.15, 0.2) is 0 Å². The van der Waals surface area contributed by atoms with Crippen molar-refractivity contribution in [1.29, 1.82) is 0 Å². The van der Waals surface area contributed by atoms with Gasteiger partial charge in [-0.1, -0.05) is 12.8 Å². The highest BCUT2D eigenvalue weighted by molar-refractivity contribution is 5.67. The lowest BCUT2D eigenvalue weighted by molar-refractivity contribution is -0.139. The lowest BCUT2D eigenvalue weighted by atomic mass is 9.79. The topological polar surface area (TPSA) is 79.5 Å². The second-order valence-electron chi connectivity index (χ2n) is 5.34. The molecule has 1 heterocycles. The van der Waals surface area contributed by atoms with E-state index in [4.69, 9.17) is 9.63 Å². The average Bonchev–Trinajstić information content (AvgIpc) is 2.87. The molecule has 1 saturated carbocycles. The first-order chi connectivity index (χ1) is 8.51. The summed E-state index contributed by atoms with van der Waals surface area (Å²) in [6.45, 7) is 0. The van der Waals surface area contributed by atoms with Crippen molar-refractivity contribution in [2.75, 3.05) is 19.0 Å². The minimum atomic E-state index is -0.746. The van der Waals surface area contributed by atoms with E-state index in [0.717, 1.165) is 25.7 Å². The molecule has 1 aromatic heterocycles. The van der Waals surface area contributed by atoms with Crippen LogP contribution in [0.4, 0.5) is 5.95 Å². The number of aromatic nitrogens is 2. The van der Waals surface area contributed by atoms with Crippen LogP contribution in [0.1, 0.15) is 38.0 Å². The molecule has 0 aliphatic heterocycles. The summed E-state index contributed by atoms with van der Waals surface area (Å²) in [6.07, 6.45) is 4.79. The van der Waals surface area contributed by atoms with Crippen LogP contribution in [0.15, 0.2) is 4.52 Å². The highest BCUT2D eigenvalue weighted by Crippen LogP contribution is 2.43. The number of rotatable bonds is 5. The van der Waals surface area contributed by atoms with E-state index in [-0.39, 0.29) is 11.8 Å². The molecule has 0 radical (unpaired) electrons. The second-order valence-corrected chi connectivity index (χ2v) is 5.34. The maximum Gasteiger partial charge on any atom is 0.303 e. The molecule has 0 spiro atoms. The molecule has 1 aliphatic rings. The molecule has 1 aromatic rings. The maximum absolute atomic E-state index is 11.0. The van der Waals surface area contributed by atoms with Crippen LogP contribution in [-0.4, -0.2) is 35.3 Å². The average molecular weight is 253 g/mol. The summed E-state index contributed by atoms with van der Waals surface area (Å²) in [5, 5.41) is 12.9. The molecule has 100 valence electrons. The van der Waals surface area contributed by atoms with Gasteiger partial charge in [0.05, 0.1) is 6.42 Å². The van der Waals surface area contributed by atoms with Crippen molar-refractivity contribution in [2.24, 2.45) is 5.41 Å². The molecule has 1 aliphatic carbocycles. The van der Waals surface area contributed by atoms with E-state index in [1.165, 1.54) is 0 Å². The first kappa shape index (κ1) is 12.9. The summed E-state index contributed by atoms with van der Waals surface area (Å²) in [6, 6.07) is 0. The molecule has 0 bridgehead atoms. The van der Waals surface area contributed by atoms with Crippen molar-refractivity contribution in [1.82, 2.24) is 10.1 Å². The molecule has 6 heteroatoms. The molecular formula is C12H19N3O3. The monoisotopic (exact) mass is 253 g/mol. The van der Waals surface area contributed by atoms with E-state index < -0.39 is 5.97 Å². The van der Waals surface area contributed by atoms with Gasteiger partial charge in [0.2, 0.25) is 5.89 Å². The van der Waals surface area contributed by atoms with Crippen LogP contribution in [0.3, 0.4) is 0 Å². The highest BCUT2D eigenvalue weighted by Gasteiger charge is 2.37. The van der Waals surface area contributed by atoms with E-state index in [2.05, 4.69) is 10.1 Å². The summed E-state index contributed by atoms with van der Waals surface area (Å²) in [5.41, 5.74) is -0.193. The molecule has 0 unspecified atom stereocenters. The Balaban J connectivity index is 2.10. The highest BCUT2D eigenvalue weighted by atomic mass is 16.5. The molecule has 0 amide bonds. The Kier molecular flexibility index (Phi) is 3.54. The van der Waals surface area contributed by atoms with Gasteiger partial charge < -0.3 is 14.5 Å². The Hall–Kier alpha value is -1.59. The number of carboxylic acid groups (broad SMARTS) is 1. The molecule has 1 N–H and O–H groups in total. The molecule has 6 nitrogen and oxygen atoms in total. The third-order valence-electron chi connectivity index (χ3n) is 3.57. The van der Waals surface area contributed by atoms with Gasteiger partial charge in [0, 0.05) is 20.5 Å². The van der Waals surface area contributed by atoms with E-state index >= 15 is 0 Å². The van der Waals surface area contributed by atoms with Crippen LogP contribution < -0.4 is 4.90 Å². The van der Waals surface area contributed by atoms with Crippen molar-refractivity contribution in [3.8, 4) is 0 Å². The second kappa shape index (κ2) is 4.96. The van der Waals surface area contributed by atoms with E-state index in [9.17, 15) is 4.79 Å². The predicted octanol–water partition coefficient (Wildman–Crippen LogP) is 1.71. The number of carbonyl (C=O) groups is 1. The molecular weight excluding hydrogens is 234 g/mol. The van der Waals surface area contributed by atoms with Gasteiger partial charge >= 0.3 is 5.97 Å². The normalized spacial score (nSPS) is 17.9. The lowest BCUT2D eigenvalue weighted by Crippen LogP contribution is -2.24. The fourth-order valence-corrected chi connectivity index (χ4v) is 2.68. The molecule has 0 saturated heterocycles. The number of carboxylic acids is 1. The van der Waals surface area contributed by atoms with Crippen molar-refractivity contribution < 1.29 is 14.4 Å². The van der Waals surface area contributed by atoms with E-state index in [1.54, 1.807) is 4.90 Å². The third kappa shape index (κ3) is 2.80. The summed E-state index contributed by atoms with van der Waals surface area (Å²) in [5.74, 6) is 0.333. The van der Waals surface area contributed by atoms with Crippen LogP contribution in [0.5, 0.6) is 0 Å². The number of aliphatic carboxylic acids is 1. The summed E-state index contributed by atoms with van der Waals surface area (Å²) < 4.78 is 5.20. The van der Waals surface area contributed by atoms with Crippen molar-refractivity contribution in [2.45, 2.75) is 38.5 Å². The van der Waals surface area contributed by atoms with E-state index in [0.29, 0.717) is 18.3 Å². The fraction of sp³-hybridized carbons (Fsp3) is 0.750. The van der Waals surface area contributed by atoms with Crippen LogP contribution in [0.2, 0.25) is 0 Å². The number of hydrogen-bond acceptors (Lipinski definition) is 5. The van der Waals surface area contributed by atoms with E-state index in [1.807, 2.05) is 14.1 Å². The first-order valence-corrected chi connectivity index (χ1v) is 6.22.